The van der Waals surface area contributed by atoms with Crippen molar-refractivity contribution in [3.05, 3.63) is 71.3 Å². The predicted octanol–water partition coefficient (Wildman–Crippen LogP) is 3.31. The summed E-state index contributed by atoms with van der Waals surface area (Å²) in [7, 11) is 1.60. The van der Waals surface area contributed by atoms with Gasteiger partial charge in [-0.1, -0.05) is 18.2 Å². The van der Waals surface area contributed by atoms with E-state index in [1.807, 2.05) is 0 Å². The van der Waals surface area contributed by atoms with Gasteiger partial charge in [0.25, 0.3) is 0 Å². The van der Waals surface area contributed by atoms with Gasteiger partial charge in [0.1, 0.15) is 12.4 Å². The second-order valence-electron chi connectivity index (χ2n) is 4.99. The van der Waals surface area contributed by atoms with E-state index >= 15 is 0 Å². The number of hydrogen-bond donors (Lipinski definition) is 1. The molecule has 24 heavy (non-hydrogen) atoms. The van der Waals surface area contributed by atoms with Crippen LogP contribution in [0.3, 0.4) is 0 Å². The topological polar surface area (TPSA) is 72.8 Å². The van der Waals surface area contributed by atoms with Crippen molar-refractivity contribution in [2.24, 2.45) is 0 Å². The zero-order valence-corrected chi connectivity index (χ0v) is 13.3. The van der Waals surface area contributed by atoms with Crippen LogP contribution >= 0.6 is 0 Å². The van der Waals surface area contributed by atoms with Crippen LogP contribution in [0.15, 0.2) is 54.6 Å². The summed E-state index contributed by atoms with van der Waals surface area (Å²) >= 11 is 0. The van der Waals surface area contributed by atoms with E-state index in [0.29, 0.717) is 24.5 Å². The molecule has 0 fully saturated rings. The Bertz CT molecular complexity index is 714. The average molecular weight is 326 g/mol. The second kappa shape index (κ2) is 8.64. The summed E-state index contributed by atoms with van der Waals surface area (Å²) in [5.74, 6) is -0.438. The number of ether oxygens (including phenoxy) is 2. The van der Waals surface area contributed by atoms with E-state index in [-0.39, 0.29) is 11.3 Å². The van der Waals surface area contributed by atoms with Crippen molar-refractivity contribution in [1.29, 1.82) is 0 Å². The highest BCUT2D eigenvalue weighted by Gasteiger charge is 2.03. The number of benzene rings is 2. The molecule has 0 aliphatic carbocycles. The molecule has 5 nitrogen and oxygen atoms in total. The lowest BCUT2D eigenvalue weighted by Gasteiger charge is -2.05. The maximum absolute atomic E-state index is 12.1. The largest absolute Gasteiger partial charge is 0.491 e. The van der Waals surface area contributed by atoms with Crippen LogP contribution in [0.5, 0.6) is 5.75 Å². The second-order valence-corrected chi connectivity index (χ2v) is 4.99. The van der Waals surface area contributed by atoms with Crippen molar-refractivity contribution in [3.8, 4) is 5.75 Å². The van der Waals surface area contributed by atoms with Gasteiger partial charge in [-0.25, -0.2) is 4.79 Å². The van der Waals surface area contributed by atoms with Crippen molar-refractivity contribution in [3.63, 3.8) is 0 Å². The Hall–Kier alpha value is -2.92. The molecule has 5 heteroatoms. The van der Waals surface area contributed by atoms with Crippen molar-refractivity contribution in [2.75, 3.05) is 20.3 Å². The molecule has 0 saturated heterocycles. The number of hydrogen-bond acceptors (Lipinski definition) is 4. The lowest BCUT2D eigenvalue weighted by Crippen LogP contribution is -2.04. The van der Waals surface area contributed by atoms with E-state index < -0.39 is 5.97 Å². The molecule has 0 spiro atoms. The molecule has 0 amide bonds. The summed E-state index contributed by atoms with van der Waals surface area (Å²) in [5, 5.41) is 8.84. The van der Waals surface area contributed by atoms with Crippen LogP contribution in [-0.2, 0) is 4.74 Å². The van der Waals surface area contributed by atoms with Gasteiger partial charge < -0.3 is 14.6 Å². The molecule has 124 valence electrons. The van der Waals surface area contributed by atoms with Crippen LogP contribution in [0.2, 0.25) is 0 Å². The third kappa shape index (κ3) is 5.07. The smallest absolute Gasteiger partial charge is 0.335 e. The van der Waals surface area contributed by atoms with Gasteiger partial charge in [-0.15, -0.1) is 0 Å². The Morgan fingerprint density at radius 1 is 0.958 bits per heavy atom. The van der Waals surface area contributed by atoms with Crippen LogP contribution in [0.1, 0.15) is 26.3 Å². The van der Waals surface area contributed by atoms with Crippen molar-refractivity contribution >= 4 is 17.8 Å². The molecule has 2 aromatic rings. The minimum absolute atomic E-state index is 0.138. The van der Waals surface area contributed by atoms with E-state index in [1.54, 1.807) is 49.6 Å². The van der Waals surface area contributed by atoms with E-state index in [2.05, 4.69) is 0 Å². The maximum Gasteiger partial charge on any atom is 0.335 e. The van der Waals surface area contributed by atoms with Gasteiger partial charge >= 0.3 is 5.97 Å². The molecule has 0 radical (unpaired) electrons. The van der Waals surface area contributed by atoms with Gasteiger partial charge in [0, 0.05) is 12.7 Å². The lowest BCUT2D eigenvalue weighted by molar-refractivity contribution is 0.0696. The van der Waals surface area contributed by atoms with Crippen LogP contribution in [0.25, 0.3) is 6.08 Å². The number of methoxy groups -OCH3 is 1. The van der Waals surface area contributed by atoms with Crippen LogP contribution in [-0.4, -0.2) is 37.2 Å². The molecule has 0 aliphatic heterocycles. The lowest BCUT2D eigenvalue weighted by atomic mass is 10.1. The fourth-order valence-corrected chi connectivity index (χ4v) is 1.96. The Balaban J connectivity index is 1.97. The van der Waals surface area contributed by atoms with E-state index in [0.717, 1.165) is 5.56 Å². The molecule has 2 rings (SSSR count). The van der Waals surface area contributed by atoms with Gasteiger partial charge in [0.05, 0.1) is 12.2 Å². The molecule has 0 bridgehead atoms. The van der Waals surface area contributed by atoms with Gasteiger partial charge in [-0.2, -0.15) is 0 Å². The van der Waals surface area contributed by atoms with E-state index in [1.165, 1.54) is 18.2 Å². The Labute approximate surface area is 140 Å². The highest BCUT2D eigenvalue weighted by molar-refractivity contribution is 6.06. The minimum Gasteiger partial charge on any atom is -0.491 e. The number of allylic oxidation sites excluding steroid dienone is 1. The number of aromatic carboxylic acids is 1. The first-order valence-corrected chi connectivity index (χ1v) is 7.37. The van der Waals surface area contributed by atoms with E-state index in [9.17, 15) is 9.59 Å². The summed E-state index contributed by atoms with van der Waals surface area (Å²) in [4.78, 5) is 22.9. The van der Waals surface area contributed by atoms with Crippen molar-refractivity contribution in [2.45, 2.75) is 0 Å². The van der Waals surface area contributed by atoms with Crippen molar-refractivity contribution < 1.29 is 24.2 Å². The molecular formula is C19H18O5. The minimum atomic E-state index is -0.977. The average Bonchev–Trinajstić information content (AvgIpc) is 2.61. The predicted molar refractivity (Wildman–Crippen MR) is 90.6 cm³/mol. The van der Waals surface area contributed by atoms with Gasteiger partial charge in [-0.05, 0) is 48.0 Å². The fraction of sp³-hybridized carbons (Fsp3) is 0.158. The number of carbonyl (C=O) groups is 2. The summed E-state index contributed by atoms with van der Waals surface area (Å²) in [6.07, 6.45) is 3.10. The molecule has 0 aromatic heterocycles. The summed E-state index contributed by atoms with van der Waals surface area (Å²) in [6, 6.07) is 13.2. The molecule has 0 heterocycles. The third-order valence-electron chi connectivity index (χ3n) is 3.28. The van der Waals surface area contributed by atoms with Gasteiger partial charge in [0.15, 0.2) is 5.78 Å². The van der Waals surface area contributed by atoms with Crippen LogP contribution in [0.4, 0.5) is 0 Å². The first-order chi connectivity index (χ1) is 11.6. The molecule has 0 atom stereocenters. The van der Waals surface area contributed by atoms with Crippen molar-refractivity contribution in [1.82, 2.24) is 0 Å². The quantitative estimate of drug-likeness (QED) is 0.458. The highest BCUT2D eigenvalue weighted by atomic mass is 16.5. The number of carboxylic acids is 1. The molecule has 1 N–H and O–H groups in total. The SMILES string of the molecule is COCCOc1ccc(C(=O)/C=C\c2ccc(C(=O)O)cc2)cc1. The summed E-state index contributed by atoms with van der Waals surface area (Å²) in [5.41, 5.74) is 1.52. The molecule has 2 aromatic carbocycles. The molecular weight excluding hydrogens is 308 g/mol. The zero-order chi connectivity index (χ0) is 17.4. The molecule has 0 aliphatic rings. The maximum atomic E-state index is 12.1. The first-order valence-electron chi connectivity index (χ1n) is 7.37. The standard InChI is InChI=1S/C19H18O5/c1-23-12-13-24-17-9-7-15(8-10-17)18(20)11-4-14-2-5-16(6-3-14)19(21)22/h2-11H,12-13H2,1H3,(H,21,22)/b11-4-. The zero-order valence-electron chi connectivity index (χ0n) is 13.3. The van der Waals surface area contributed by atoms with E-state index in [4.69, 9.17) is 14.6 Å². The monoisotopic (exact) mass is 326 g/mol. The summed E-state index contributed by atoms with van der Waals surface area (Å²) in [6.45, 7) is 0.958. The highest BCUT2D eigenvalue weighted by Crippen LogP contribution is 2.14. The third-order valence-corrected chi connectivity index (χ3v) is 3.28. The Kier molecular flexibility index (Phi) is 6.28. The summed E-state index contributed by atoms with van der Waals surface area (Å²) < 4.78 is 10.3. The molecule has 0 unspecified atom stereocenters. The number of rotatable bonds is 8. The molecule has 0 saturated carbocycles. The number of carboxylic acid groups (broad SMARTS) is 1. The van der Waals surface area contributed by atoms with Gasteiger partial charge in [0.2, 0.25) is 0 Å². The number of carbonyl (C=O) groups excluding carboxylic acids is 1. The normalized spacial score (nSPS) is 10.7. The Morgan fingerprint density at radius 2 is 1.58 bits per heavy atom. The van der Waals surface area contributed by atoms with Gasteiger partial charge in [-0.3, -0.25) is 4.79 Å². The van der Waals surface area contributed by atoms with Crippen LogP contribution < -0.4 is 4.74 Å². The number of ketones is 1. The van der Waals surface area contributed by atoms with Crippen LogP contribution in [0, 0.1) is 0 Å². The first kappa shape index (κ1) is 17.4. The fourth-order valence-electron chi connectivity index (χ4n) is 1.96. The Morgan fingerprint density at radius 3 is 2.17 bits per heavy atom.